The molecule has 0 spiro atoms. The Kier molecular flexibility index (Phi) is 5.69. The number of nitrogens with one attached hydrogen (secondary N) is 1. The van der Waals surface area contributed by atoms with Crippen molar-refractivity contribution >= 4 is 35.2 Å². The van der Waals surface area contributed by atoms with Crippen LogP contribution >= 0.6 is 12.2 Å². The van der Waals surface area contributed by atoms with Gasteiger partial charge in [0.15, 0.2) is 5.11 Å². The molecular weight excluding hydrogens is 326 g/mol. The molecule has 6 nitrogen and oxygen atoms in total. The lowest BCUT2D eigenvalue weighted by atomic mass is 10.1. The molecule has 0 aliphatic carbocycles. The molecule has 2 rings (SSSR count). The summed E-state index contributed by atoms with van der Waals surface area (Å²) >= 11 is 5.04. The van der Waals surface area contributed by atoms with Crippen molar-refractivity contribution in [2.24, 2.45) is 0 Å². The van der Waals surface area contributed by atoms with Gasteiger partial charge in [0.25, 0.3) is 11.8 Å². The quantitative estimate of drug-likeness (QED) is 0.367. The second kappa shape index (κ2) is 7.55. The molecule has 1 aromatic rings. The Bertz CT molecular complexity index is 734. The van der Waals surface area contributed by atoms with Crippen LogP contribution in [0.25, 0.3) is 6.08 Å². The van der Waals surface area contributed by atoms with Crippen LogP contribution in [0.5, 0.6) is 0 Å². The zero-order valence-electron chi connectivity index (χ0n) is 14.1. The van der Waals surface area contributed by atoms with Crippen LogP contribution in [0.4, 0.5) is 0 Å². The number of aromatic nitrogens is 1. The molecule has 2 heterocycles. The van der Waals surface area contributed by atoms with Crippen molar-refractivity contribution < 1.29 is 14.3 Å². The van der Waals surface area contributed by atoms with Gasteiger partial charge in [-0.25, -0.2) is 0 Å². The SMILES string of the molecule is C=CCN1C(=O)/C(=C/c2cc(C)n(CCOC)c2C)C(=O)NC1=S. The molecule has 1 aliphatic heterocycles. The minimum Gasteiger partial charge on any atom is -0.383 e. The second-order valence-corrected chi connectivity index (χ2v) is 5.88. The molecule has 1 saturated heterocycles. The van der Waals surface area contributed by atoms with Crippen LogP contribution in [0.15, 0.2) is 24.3 Å². The summed E-state index contributed by atoms with van der Waals surface area (Å²) in [6, 6.07) is 1.95. The Hall–Kier alpha value is -2.25. The van der Waals surface area contributed by atoms with Gasteiger partial charge in [0.1, 0.15) is 5.57 Å². The maximum Gasteiger partial charge on any atom is 0.265 e. The number of rotatable bonds is 6. The first kappa shape index (κ1) is 18.1. The summed E-state index contributed by atoms with van der Waals surface area (Å²) in [5.41, 5.74) is 2.91. The normalized spacial score (nSPS) is 16.7. The van der Waals surface area contributed by atoms with Crippen molar-refractivity contribution in [2.75, 3.05) is 20.3 Å². The molecule has 24 heavy (non-hydrogen) atoms. The highest BCUT2D eigenvalue weighted by atomic mass is 32.1. The van der Waals surface area contributed by atoms with Gasteiger partial charge in [-0.05, 0) is 43.8 Å². The van der Waals surface area contributed by atoms with E-state index in [-0.39, 0.29) is 17.2 Å². The van der Waals surface area contributed by atoms with E-state index in [1.54, 1.807) is 19.3 Å². The van der Waals surface area contributed by atoms with E-state index in [0.717, 1.165) is 17.0 Å². The summed E-state index contributed by atoms with van der Waals surface area (Å²) in [7, 11) is 1.65. The zero-order valence-corrected chi connectivity index (χ0v) is 14.9. The molecule has 0 saturated carbocycles. The highest BCUT2D eigenvalue weighted by molar-refractivity contribution is 7.80. The van der Waals surface area contributed by atoms with E-state index in [1.165, 1.54) is 4.90 Å². The predicted octanol–water partition coefficient (Wildman–Crippen LogP) is 1.56. The molecule has 0 bridgehead atoms. The fraction of sp³-hybridized carbons (Fsp3) is 0.353. The van der Waals surface area contributed by atoms with Gasteiger partial charge in [-0.15, -0.1) is 6.58 Å². The standard InChI is InChI=1S/C17H21N3O3S/c1-5-6-20-16(22)14(15(21)18-17(20)24)10-13-9-11(2)19(12(13)3)7-8-23-4/h5,9-10H,1,6-8H2,2-4H3,(H,18,21,24)/b14-10+. The number of carbonyl (C=O) groups excluding carboxylic acids is 2. The molecule has 0 atom stereocenters. The van der Waals surface area contributed by atoms with Crippen molar-refractivity contribution in [1.82, 2.24) is 14.8 Å². The smallest absolute Gasteiger partial charge is 0.265 e. The number of methoxy groups -OCH3 is 1. The van der Waals surface area contributed by atoms with Gasteiger partial charge in [0.2, 0.25) is 0 Å². The third-order valence-electron chi connectivity index (χ3n) is 3.93. The van der Waals surface area contributed by atoms with Gasteiger partial charge in [0.05, 0.1) is 6.61 Å². The Labute approximate surface area is 146 Å². The number of thiocarbonyl (C=S) groups is 1. The van der Waals surface area contributed by atoms with Crippen molar-refractivity contribution in [3.63, 3.8) is 0 Å². The largest absolute Gasteiger partial charge is 0.383 e. The number of aryl methyl sites for hydroxylation is 1. The third-order valence-corrected chi connectivity index (χ3v) is 4.25. The monoisotopic (exact) mass is 347 g/mol. The maximum absolute atomic E-state index is 12.6. The van der Waals surface area contributed by atoms with Gasteiger partial charge in [-0.3, -0.25) is 19.8 Å². The number of carbonyl (C=O) groups is 2. The first-order valence-electron chi connectivity index (χ1n) is 7.56. The van der Waals surface area contributed by atoms with Gasteiger partial charge < -0.3 is 9.30 Å². The molecule has 7 heteroatoms. The van der Waals surface area contributed by atoms with Gasteiger partial charge in [-0.2, -0.15) is 0 Å². The van der Waals surface area contributed by atoms with Gasteiger partial charge in [-0.1, -0.05) is 6.08 Å². The van der Waals surface area contributed by atoms with E-state index in [2.05, 4.69) is 16.5 Å². The van der Waals surface area contributed by atoms with Gasteiger partial charge >= 0.3 is 0 Å². The van der Waals surface area contributed by atoms with Crippen LogP contribution in [0.3, 0.4) is 0 Å². The molecule has 1 N–H and O–H groups in total. The summed E-state index contributed by atoms with van der Waals surface area (Å²) in [5.74, 6) is -0.891. The van der Waals surface area contributed by atoms with Crippen molar-refractivity contribution in [3.8, 4) is 0 Å². The van der Waals surface area contributed by atoms with Crippen LogP contribution in [0.1, 0.15) is 17.0 Å². The second-order valence-electron chi connectivity index (χ2n) is 5.49. The van der Waals surface area contributed by atoms with Crippen molar-refractivity contribution in [3.05, 3.63) is 41.2 Å². The molecule has 1 aliphatic rings. The molecule has 0 radical (unpaired) electrons. The van der Waals surface area contributed by atoms with Gasteiger partial charge in [0, 0.05) is 31.6 Å². The number of amides is 2. The fourth-order valence-electron chi connectivity index (χ4n) is 2.64. The average molecular weight is 347 g/mol. The number of ether oxygens (including phenoxy) is 1. The minimum absolute atomic E-state index is 0.0671. The summed E-state index contributed by atoms with van der Waals surface area (Å²) in [6.07, 6.45) is 3.18. The Morgan fingerprint density at radius 2 is 2.08 bits per heavy atom. The number of nitrogens with zero attached hydrogens (tertiary/aromatic N) is 2. The van der Waals surface area contributed by atoms with Crippen molar-refractivity contribution in [1.29, 1.82) is 0 Å². The maximum atomic E-state index is 12.6. The molecule has 128 valence electrons. The summed E-state index contributed by atoms with van der Waals surface area (Å²) in [4.78, 5) is 26.0. The Morgan fingerprint density at radius 1 is 1.38 bits per heavy atom. The molecule has 1 aromatic heterocycles. The van der Waals surface area contributed by atoms with E-state index in [9.17, 15) is 9.59 Å². The highest BCUT2D eigenvalue weighted by Gasteiger charge is 2.32. The predicted molar refractivity (Wildman–Crippen MR) is 96.4 cm³/mol. The molecular formula is C17H21N3O3S. The summed E-state index contributed by atoms with van der Waals surface area (Å²) < 4.78 is 7.21. The zero-order chi connectivity index (χ0) is 17.9. The van der Waals surface area contributed by atoms with Crippen LogP contribution in [-0.4, -0.2) is 46.7 Å². The molecule has 0 unspecified atom stereocenters. The van der Waals surface area contributed by atoms with Crippen LogP contribution in [-0.2, 0) is 20.9 Å². The topological polar surface area (TPSA) is 63.6 Å². The highest BCUT2D eigenvalue weighted by Crippen LogP contribution is 2.20. The molecule has 2 amide bonds. The van der Waals surface area contributed by atoms with E-state index >= 15 is 0 Å². The molecule has 1 fully saturated rings. The lowest BCUT2D eigenvalue weighted by Gasteiger charge is -2.27. The minimum atomic E-state index is -0.480. The van der Waals surface area contributed by atoms with E-state index < -0.39 is 11.8 Å². The lowest BCUT2D eigenvalue weighted by Crippen LogP contribution is -2.53. The Morgan fingerprint density at radius 3 is 2.71 bits per heavy atom. The first-order chi connectivity index (χ1) is 11.4. The van der Waals surface area contributed by atoms with E-state index in [4.69, 9.17) is 17.0 Å². The van der Waals surface area contributed by atoms with E-state index in [0.29, 0.717) is 13.2 Å². The fourth-order valence-corrected chi connectivity index (χ4v) is 2.90. The molecule has 0 aromatic carbocycles. The summed E-state index contributed by atoms with van der Waals surface area (Å²) in [5, 5.41) is 2.65. The third kappa shape index (κ3) is 3.47. The average Bonchev–Trinajstić information content (AvgIpc) is 2.80. The van der Waals surface area contributed by atoms with Crippen LogP contribution < -0.4 is 5.32 Å². The van der Waals surface area contributed by atoms with Crippen LogP contribution in [0.2, 0.25) is 0 Å². The number of hydrogen-bond donors (Lipinski definition) is 1. The van der Waals surface area contributed by atoms with E-state index in [1.807, 2.05) is 19.9 Å². The van der Waals surface area contributed by atoms with Crippen molar-refractivity contribution in [2.45, 2.75) is 20.4 Å². The first-order valence-corrected chi connectivity index (χ1v) is 7.97. The lowest BCUT2D eigenvalue weighted by molar-refractivity contribution is -0.128. The Balaban J connectivity index is 2.39. The summed E-state index contributed by atoms with van der Waals surface area (Å²) in [6.45, 7) is 9.09. The van der Waals surface area contributed by atoms with Crippen LogP contribution in [0, 0.1) is 13.8 Å². The number of hydrogen-bond acceptors (Lipinski definition) is 4.